The van der Waals surface area contributed by atoms with Gasteiger partial charge in [0.25, 0.3) is 5.91 Å². The Labute approximate surface area is 229 Å². The van der Waals surface area contributed by atoms with Crippen LogP contribution in [-0.4, -0.2) is 56.8 Å². The van der Waals surface area contributed by atoms with Crippen molar-refractivity contribution in [1.82, 2.24) is 9.88 Å². The summed E-state index contributed by atoms with van der Waals surface area (Å²) in [6, 6.07) is 23.0. The zero-order chi connectivity index (χ0) is 27.6. The van der Waals surface area contributed by atoms with E-state index in [0.717, 1.165) is 27.6 Å². The van der Waals surface area contributed by atoms with E-state index in [1.54, 1.807) is 29.2 Å². The highest BCUT2D eigenvalue weighted by molar-refractivity contribution is 7.90. The molecule has 1 saturated heterocycles. The molecule has 0 atom stereocenters. The zero-order valence-electron chi connectivity index (χ0n) is 22.4. The van der Waals surface area contributed by atoms with Crippen LogP contribution in [0.1, 0.15) is 36.5 Å². The molecule has 1 aliphatic heterocycles. The average Bonchev–Trinajstić information content (AvgIpc) is 2.95. The Morgan fingerprint density at radius 3 is 2.41 bits per heavy atom. The fourth-order valence-electron chi connectivity index (χ4n) is 4.82. The maximum absolute atomic E-state index is 13.7. The average molecular weight is 541 g/mol. The minimum absolute atomic E-state index is 0.107. The number of rotatable bonds is 6. The summed E-state index contributed by atoms with van der Waals surface area (Å²) in [4.78, 5) is 20.4. The van der Waals surface area contributed by atoms with E-state index in [2.05, 4.69) is 49.2 Å². The van der Waals surface area contributed by atoms with Gasteiger partial charge in [-0.1, -0.05) is 50.2 Å². The van der Waals surface area contributed by atoms with Crippen molar-refractivity contribution in [3.8, 4) is 11.1 Å². The molecule has 3 aromatic carbocycles. The Kier molecular flexibility index (Phi) is 7.64. The van der Waals surface area contributed by atoms with E-state index in [-0.39, 0.29) is 10.8 Å². The molecule has 5 rings (SSSR count). The van der Waals surface area contributed by atoms with E-state index in [9.17, 15) is 13.2 Å². The monoisotopic (exact) mass is 540 g/mol. The molecule has 1 aromatic heterocycles. The van der Waals surface area contributed by atoms with Crippen molar-refractivity contribution in [1.29, 1.82) is 0 Å². The number of sulfone groups is 1. The molecule has 0 N–H and O–H groups in total. The third-order valence-corrected chi connectivity index (χ3v) is 8.15. The molecule has 0 unspecified atom stereocenters. The van der Waals surface area contributed by atoms with Gasteiger partial charge in [-0.05, 0) is 70.6 Å². The number of carbonyl (C=O) groups is 1. The van der Waals surface area contributed by atoms with Crippen molar-refractivity contribution >= 4 is 38.3 Å². The number of morpholine rings is 1. The van der Waals surface area contributed by atoms with Crippen LogP contribution in [0.3, 0.4) is 0 Å². The molecule has 2 heterocycles. The van der Waals surface area contributed by atoms with Gasteiger partial charge in [0.05, 0.1) is 23.6 Å². The van der Waals surface area contributed by atoms with E-state index in [0.29, 0.717) is 43.4 Å². The van der Waals surface area contributed by atoms with Crippen LogP contribution < -0.4 is 0 Å². The van der Waals surface area contributed by atoms with Gasteiger partial charge in [-0.25, -0.2) is 8.42 Å². The molecule has 7 heteroatoms. The second kappa shape index (κ2) is 11.1. The molecule has 1 fully saturated rings. The van der Waals surface area contributed by atoms with Crippen molar-refractivity contribution < 1.29 is 17.9 Å². The highest BCUT2D eigenvalue weighted by atomic mass is 32.2. The van der Waals surface area contributed by atoms with Gasteiger partial charge >= 0.3 is 0 Å². The molecular weight excluding hydrogens is 508 g/mol. The van der Waals surface area contributed by atoms with Gasteiger partial charge in [-0.3, -0.25) is 9.78 Å². The van der Waals surface area contributed by atoms with Crippen molar-refractivity contribution in [2.45, 2.75) is 24.7 Å². The first-order valence-electron chi connectivity index (χ1n) is 13.1. The summed E-state index contributed by atoms with van der Waals surface area (Å²) in [6.45, 7) is 6.37. The summed E-state index contributed by atoms with van der Waals surface area (Å²) >= 11 is 0. The number of nitrogens with zero attached hydrogens (tertiary/aromatic N) is 2. The van der Waals surface area contributed by atoms with Gasteiger partial charge in [0.15, 0.2) is 9.84 Å². The van der Waals surface area contributed by atoms with Crippen LogP contribution in [0.2, 0.25) is 0 Å². The van der Waals surface area contributed by atoms with Crippen LogP contribution >= 0.6 is 0 Å². The molecule has 0 aliphatic carbocycles. The third kappa shape index (κ3) is 5.95. The number of pyridine rings is 1. The van der Waals surface area contributed by atoms with Crippen molar-refractivity contribution in [3.05, 3.63) is 95.7 Å². The largest absolute Gasteiger partial charge is 0.378 e. The Morgan fingerprint density at radius 1 is 0.974 bits per heavy atom. The molecule has 1 amide bonds. The van der Waals surface area contributed by atoms with Crippen LogP contribution in [0.25, 0.3) is 33.7 Å². The fraction of sp³-hybridized carbons (Fsp3) is 0.250. The first-order chi connectivity index (χ1) is 18.7. The Bertz CT molecular complexity index is 1650. The molecule has 0 radical (unpaired) electrons. The summed E-state index contributed by atoms with van der Waals surface area (Å²) in [5.74, 6) is 0.258. The van der Waals surface area contributed by atoms with Crippen molar-refractivity contribution in [3.63, 3.8) is 0 Å². The predicted molar refractivity (Wildman–Crippen MR) is 156 cm³/mol. The van der Waals surface area contributed by atoms with E-state index >= 15 is 0 Å². The van der Waals surface area contributed by atoms with Gasteiger partial charge in [0.2, 0.25) is 0 Å². The van der Waals surface area contributed by atoms with E-state index in [4.69, 9.17) is 4.74 Å². The SMILES string of the molecule is CC(C)c1cc(-c2cccc(C=C(C(=O)N3CCOCC3)c3ccc(S(C)(=O)=O)cc3)c2)c2ncccc2c1. The maximum atomic E-state index is 13.7. The smallest absolute Gasteiger partial charge is 0.254 e. The molecule has 39 heavy (non-hydrogen) atoms. The van der Waals surface area contributed by atoms with Crippen molar-refractivity contribution in [2.75, 3.05) is 32.6 Å². The van der Waals surface area contributed by atoms with E-state index < -0.39 is 9.84 Å². The lowest BCUT2D eigenvalue weighted by Gasteiger charge is -2.28. The Balaban J connectivity index is 1.61. The van der Waals surface area contributed by atoms with Gasteiger partial charge in [-0.2, -0.15) is 0 Å². The predicted octanol–water partition coefficient (Wildman–Crippen LogP) is 5.83. The number of benzene rings is 3. The van der Waals surface area contributed by atoms with Crippen LogP contribution in [0.5, 0.6) is 0 Å². The van der Waals surface area contributed by atoms with Gasteiger partial charge in [0.1, 0.15) is 0 Å². The molecule has 200 valence electrons. The minimum atomic E-state index is -3.35. The lowest BCUT2D eigenvalue weighted by molar-refractivity contribution is -0.128. The quantitative estimate of drug-likeness (QED) is 0.227. The number of hydrogen-bond acceptors (Lipinski definition) is 5. The van der Waals surface area contributed by atoms with Gasteiger partial charge in [-0.15, -0.1) is 0 Å². The summed E-state index contributed by atoms with van der Waals surface area (Å²) in [7, 11) is -3.35. The lowest BCUT2D eigenvalue weighted by Crippen LogP contribution is -2.41. The lowest BCUT2D eigenvalue weighted by atomic mass is 9.93. The van der Waals surface area contributed by atoms with E-state index in [1.807, 2.05) is 30.5 Å². The second-order valence-corrected chi connectivity index (χ2v) is 12.2. The molecule has 6 nitrogen and oxygen atoms in total. The fourth-order valence-corrected chi connectivity index (χ4v) is 5.45. The van der Waals surface area contributed by atoms with Gasteiger partial charge in [0, 0.05) is 42.1 Å². The molecule has 4 aromatic rings. The summed E-state index contributed by atoms with van der Waals surface area (Å²) in [6.07, 6.45) is 4.87. The Morgan fingerprint density at radius 2 is 1.72 bits per heavy atom. The third-order valence-electron chi connectivity index (χ3n) is 7.02. The van der Waals surface area contributed by atoms with Gasteiger partial charge < -0.3 is 9.64 Å². The Hall–Kier alpha value is -3.81. The zero-order valence-corrected chi connectivity index (χ0v) is 23.2. The minimum Gasteiger partial charge on any atom is -0.378 e. The van der Waals surface area contributed by atoms with Crippen LogP contribution in [-0.2, 0) is 19.4 Å². The standard InChI is InChI=1S/C32H32N2O4S/c1-22(2)27-20-26-8-5-13-33-31(26)29(21-27)25-7-4-6-23(18-25)19-30(32(35)34-14-16-38-17-15-34)24-9-11-28(12-10-24)39(3,36)37/h4-13,18-22H,14-17H2,1-3H3. The van der Waals surface area contributed by atoms with Crippen LogP contribution in [0.15, 0.2) is 83.9 Å². The van der Waals surface area contributed by atoms with Crippen molar-refractivity contribution in [2.24, 2.45) is 0 Å². The topological polar surface area (TPSA) is 76.6 Å². The first-order valence-corrected chi connectivity index (χ1v) is 15.0. The summed E-state index contributed by atoms with van der Waals surface area (Å²) in [5.41, 5.74) is 6.28. The van der Waals surface area contributed by atoms with E-state index in [1.165, 1.54) is 11.8 Å². The normalized spacial score (nSPS) is 14.7. The number of ether oxygens (including phenoxy) is 1. The second-order valence-electron chi connectivity index (χ2n) is 10.2. The van der Waals surface area contributed by atoms with Crippen LogP contribution in [0, 0.1) is 0 Å². The first kappa shape index (κ1) is 26.8. The molecular formula is C32H32N2O4S. The molecule has 0 saturated carbocycles. The number of carbonyl (C=O) groups excluding carboxylic acids is 1. The molecule has 1 aliphatic rings. The summed E-state index contributed by atoms with van der Waals surface area (Å²) in [5, 5.41) is 1.09. The number of fused-ring (bicyclic) bond motifs is 1. The van der Waals surface area contributed by atoms with Crippen LogP contribution in [0.4, 0.5) is 0 Å². The molecule has 0 spiro atoms. The number of amides is 1. The highest BCUT2D eigenvalue weighted by Crippen LogP contribution is 2.33. The summed E-state index contributed by atoms with van der Waals surface area (Å²) < 4.78 is 29.5. The maximum Gasteiger partial charge on any atom is 0.254 e. The number of hydrogen-bond donors (Lipinski definition) is 0. The highest BCUT2D eigenvalue weighted by Gasteiger charge is 2.22. The molecule has 0 bridgehead atoms. The number of aromatic nitrogens is 1.